The van der Waals surface area contributed by atoms with Gasteiger partial charge in [0.25, 0.3) is 0 Å². The minimum atomic E-state index is -1.58. The number of benzene rings is 1. The van der Waals surface area contributed by atoms with E-state index in [0.717, 1.165) is 5.56 Å². The molecule has 66 valence electrons. The molecule has 0 aliphatic rings. The van der Waals surface area contributed by atoms with E-state index in [-0.39, 0.29) is 0 Å². The molecule has 0 heterocycles. The lowest BCUT2D eigenvalue weighted by atomic mass is 10.1. The van der Waals surface area contributed by atoms with Gasteiger partial charge < -0.3 is 15.9 Å². The van der Waals surface area contributed by atoms with Gasteiger partial charge in [-0.15, -0.1) is 0 Å². The molecule has 0 fully saturated rings. The van der Waals surface area contributed by atoms with Gasteiger partial charge in [-0.2, -0.15) is 0 Å². The number of quaternary nitrogens is 1. The summed E-state index contributed by atoms with van der Waals surface area (Å²) in [6.45, 7) is 0. The molecule has 1 rings (SSSR count). The Labute approximate surface area is 71.5 Å². The summed E-state index contributed by atoms with van der Waals surface area (Å²) in [7, 11) is 0. The van der Waals surface area contributed by atoms with Gasteiger partial charge in [0, 0.05) is 12.7 Å². The smallest absolute Gasteiger partial charge is 0.0994 e. The van der Waals surface area contributed by atoms with Crippen molar-refractivity contribution in [2.45, 2.75) is 18.8 Å². The van der Waals surface area contributed by atoms with Gasteiger partial charge in [-0.25, -0.2) is 0 Å². The third-order valence-electron chi connectivity index (χ3n) is 1.74. The van der Waals surface area contributed by atoms with Crippen molar-refractivity contribution >= 4 is 0 Å². The van der Waals surface area contributed by atoms with Crippen LogP contribution < -0.4 is 10.8 Å². The van der Waals surface area contributed by atoms with E-state index in [0.29, 0.717) is 6.42 Å². The average Bonchev–Trinajstić information content (AvgIpc) is 2.06. The molecule has 0 spiro atoms. The van der Waals surface area contributed by atoms with Gasteiger partial charge in [-0.1, -0.05) is 30.3 Å². The van der Waals surface area contributed by atoms with E-state index < -0.39 is 12.3 Å². The fraction of sp³-hybridized carbons (Fsp3) is 0.333. The summed E-state index contributed by atoms with van der Waals surface area (Å²) in [5, 5.41) is 19.2. The molecule has 1 aromatic rings. The predicted molar refractivity (Wildman–Crippen MR) is 42.8 cm³/mol. The second-order valence-electron chi connectivity index (χ2n) is 2.84. The molecule has 0 aromatic heterocycles. The van der Waals surface area contributed by atoms with Crippen molar-refractivity contribution in [3.05, 3.63) is 35.9 Å². The number of hydrogen-bond donors (Lipinski definition) is 2. The number of aliphatic hydroxyl groups is 1. The standard InChI is InChI=1S/C9H12NO2/c10-8(9(11)12)6-7-4-2-1-3-5-7/h1-5,8-9,11H,6,10H2/q-1/p+1. The van der Waals surface area contributed by atoms with Crippen LogP contribution in [0.2, 0.25) is 0 Å². The Bertz CT molecular complexity index is 223. The summed E-state index contributed by atoms with van der Waals surface area (Å²) >= 11 is 0. The van der Waals surface area contributed by atoms with Gasteiger partial charge >= 0.3 is 0 Å². The lowest BCUT2D eigenvalue weighted by Gasteiger charge is -2.19. The lowest BCUT2D eigenvalue weighted by molar-refractivity contribution is -0.571. The Morgan fingerprint density at radius 2 is 1.92 bits per heavy atom. The lowest BCUT2D eigenvalue weighted by Crippen LogP contribution is -2.70. The highest BCUT2D eigenvalue weighted by Crippen LogP contribution is 2.01. The Morgan fingerprint density at radius 1 is 1.33 bits per heavy atom. The highest BCUT2D eigenvalue weighted by Gasteiger charge is 2.07. The summed E-state index contributed by atoms with van der Waals surface area (Å²) in [5.41, 5.74) is 4.60. The molecule has 4 N–H and O–H groups in total. The number of aliphatic hydroxyl groups excluding tert-OH is 1. The summed E-state index contributed by atoms with van der Waals surface area (Å²) in [4.78, 5) is 0. The van der Waals surface area contributed by atoms with E-state index >= 15 is 0 Å². The molecule has 3 heteroatoms. The fourth-order valence-electron chi connectivity index (χ4n) is 1.02. The van der Waals surface area contributed by atoms with E-state index in [1.54, 1.807) is 0 Å². The van der Waals surface area contributed by atoms with Crippen molar-refractivity contribution in [1.82, 2.24) is 0 Å². The minimum Gasteiger partial charge on any atom is -0.827 e. The molecule has 0 saturated heterocycles. The first-order valence-corrected chi connectivity index (χ1v) is 3.91. The fourth-order valence-corrected chi connectivity index (χ4v) is 1.02. The summed E-state index contributed by atoms with van der Waals surface area (Å²) in [5.74, 6) is 0. The topological polar surface area (TPSA) is 70.9 Å². The molecule has 12 heavy (non-hydrogen) atoms. The van der Waals surface area contributed by atoms with E-state index in [2.05, 4.69) is 5.73 Å². The van der Waals surface area contributed by atoms with Gasteiger partial charge in [0.1, 0.15) is 0 Å². The molecule has 0 radical (unpaired) electrons. The molecule has 3 nitrogen and oxygen atoms in total. The van der Waals surface area contributed by atoms with Gasteiger partial charge in [0.05, 0.1) is 6.04 Å². The summed E-state index contributed by atoms with van der Waals surface area (Å²) in [6, 6.07) is 9.09. The van der Waals surface area contributed by atoms with Gasteiger partial charge in [-0.3, -0.25) is 0 Å². The average molecular weight is 167 g/mol. The highest BCUT2D eigenvalue weighted by molar-refractivity contribution is 5.15. The zero-order valence-electron chi connectivity index (χ0n) is 6.81. The van der Waals surface area contributed by atoms with E-state index in [1.807, 2.05) is 30.3 Å². The van der Waals surface area contributed by atoms with Crippen molar-refractivity contribution in [3.63, 3.8) is 0 Å². The number of hydrogen-bond acceptors (Lipinski definition) is 2. The van der Waals surface area contributed by atoms with Crippen molar-refractivity contribution in [2.24, 2.45) is 0 Å². The van der Waals surface area contributed by atoms with Gasteiger partial charge in [0.2, 0.25) is 0 Å². The van der Waals surface area contributed by atoms with Crippen LogP contribution in [0.15, 0.2) is 30.3 Å². The van der Waals surface area contributed by atoms with Crippen molar-refractivity contribution in [3.8, 4) is 0 Å². The Kier molecular flexibility index (Phi) is 3.22. The molecule has 0 saturated carbocycles. The minimum absolute atomic E-state index is 0.465. The van der Waals surface area contributed by atoms with Crippen molar-refractivity contribution in [2.75, 3.05) is 0 Å². The van der Waals surface area contributed by atoms with Gasteiger partial charge in [0.15, 0.2) is 0 Å². The molecule has 0 aliphatic heterocycles. The van der Waals surface area contributed by atoms with Crippen LogP contribution in [-0.2, 0) is 6.42 Å². The third kappa shape index (κ3) is 2.62. The maximum absolute atomic E-state index is 10.5. The van der Waals surface area contributed by atoms with Crippen LogP contribution in [0.5, 0.6) is 0 Å². The van der Waals surface area contributed by atoms with Crippen LogP contribution in [0.1, 0.15) is 5.56 Å². The first kappa shape index (κ1) is 9.19. The Morgan fingerprint density at radius 3 is 2.42 bits per heavy atom. The van der Waals surface area contributed by atoms with Crippen LogP contribution in [-0.4, -0.2) is 17.4 Å². The van der Waals surface area contributed by atoms with Crippen LogP contribution in [0.3, 0.4) is 0 Å². The largest absolute Gasteiger partial charge is 0.827 e. The van der Waals surface area contributed by atoms with Crippen molar-refractivity contribution in [1.29, 1.82) is 0 Å². The molecule has 0 bridgehead atoms. The van der Waals surface area contributed by atoms with Crippen LogP contribution in [0.25, 0.3) is 0 Å². The van der Waals surface area contributed by atoms with Crippen LogP contribution in [0, 0.1) is 0 Å². The first-order chi connectivity index (χ1) is 5.70. The molecule has 0 amide bonds. The molecule has 2 atom stereocenters. The second kappa shape index (κ2) is 4.21. The van der Waals surface area contributed by atoms with E-state index in [1.165, 1.54) is 0 Å². The van der Waals surface area contributed by atoms with Crippen LogP contribution in [0.4, 0.5) is 0 Å². The molecule has 2 unspecified atom stereocenters. The van der Waals surface area contributed by atoms with Crippen molar-refractivity contribution < 1.29 is 15.9 Å². The molecular weight excluding hydrogens is 154 g/mol. The Balaban J connectivity index is 2.53. The second-order valence-corrected chi connectivity index (χ2v) is 2.84. The highest BCUT2D eigenvalue weighted by atomic mass is 16.5. The first-order valence-electron chi connectivity index (χ1n) is 3.91. The zero-order chi connectivity index (χ0) is 8.97. The maximum atomic E-state index is 10.5. The third-order valence-corrected chi connectivity index (χ3v) is 1.74. The monoisotopic (exact) mass is 167 g/mol. The summed E-state index contributed by atoms with van der Waals surface area (Å²) in [6.07, 6.45) is -1.05. The van der Waals surface area contributed by atoms with Gasteiger partial charge in [-0.05, 0) is 5.56 Å². The normalized spacial score (nSPS) is 15.6. The zero-order valence-corrected chi connectivity index (χ0v) is 6.81. The van der Waals surface area contributed by atoms with E-state index in [4.69, 9.17) is 5.11 Å². The summed E-state index contributed by atoms with van der Waals surface area (Å²) < 4.78 is 0. The quantitative estimate of drug-likeness (QED) is 0.539. The molecule has 0 aliphatic carbocycles. The predicted octanol–water partition coefficient (Wildman–Crippen LogP) is -1.48. The SMILES string of the molecule is [NH3+]C(Cc1ccccc1)C([O-])O. The molecule has 1 aromatic carbocycles. The molecular formula is C9H13NO2. The Hall–Kier alpha value is -0.900. The van der Waals surface area contributed by atoms with Crippen LogP contribution >= 0.6 is 0 Å². The maximum Gasteiger partial charge on any atom is 0.0994 e. The number of rotatable bonds is 3. The van der Waals surface area contributed by atoms with E-state index in [9.17, 15) is 5.11 Å².